The Morgan fingerprint density at radius 3 is 1.86 bits per heavy atom. The van der Waals surface area contributed by atoms with Crippen molar-refractivity contribution in [3.05, 3.63) is 71.8 Å². The van der Waals surface area contributed by atoms with Crippen LogP contribution in [0.3, 0.4) is 0 Å². The molecule has 146 valence electrons. The SMILES string of the molecule is CC1(C)[C@@H]2CC[C@]1(C)[C@H](NC(=O)c1ccccc1)[C@@H]2NC(=O)c1ccccc1. The zero-order chi connectivity index (χ0) is 19.9. The second-order valence-corrected chi connectivity index (χ2v) is 8.97. The third-order valence-corrected chi connectivity index (χ3v) is 7.51. The maximum atomic E-state index is 12.9. The number of hydrogen-bond donors (Lipinski definition) is 2. The van der Waals surface area contributed by atoms with E-state index in [0.717, 1.165) is 12.8 Å². The van der Waals surface area contributed by atoms with Crippen molar-refractivity contribution in [2.75, 3.05) is 0 Å². The molecular weight excluding hydrogens is 348 g/mol. The highest BCUT2D eigenvalue weighted by Crippen LogP contribution is 2.65. The van der Waals surface area contributed by atoms with Crippen molar-refractivity contribution < 1.29 is 9.59 Å². The Balaban J connectivity index is 1.62. The number of carbonyl (C=O) groups is 2. The molecule has 0 spiro atoms. The summed E-state index contributed by atoms with van der Waals surface area (Å²) in [4.78, 5) is 25.8. The summed E-state index contributed by atoms with van der Waals surface area (Å²) in [5, 5.41) is 6.54. The summed E-state index contributed by atoms with van der Waals surface area (Å²) in [6.45, 7) is 6.82. The van der Waals surface area contributed by atoms with Crippen LogP contribution in [0.1, 0.15) is 54.3 Å². The zero-order valence-electron chi connectivity index (χ0n) is 16.7. The van der Waals surface area contributed by atoms with Crippen molar-refractivity contribution in [2.45, 2.75) is 45.7 Å². The Kier molecular flexibility index (Phi) is 4.53. The fourth-order valence-electron chi connectivity index (χ4n) is 5.45. The number of hydrogen-bond acceptors (Lipinski definition) is 2. The average molecular weight is 377 g/mol. The molecule has 2 amide bonds. The van der Waals surface area contributed by atoms with Gasteiger partial charge in [0.05, 0.1) is 12.1 Å². The van der Waals surface area contributed by atoms with Crippen LogP contribution < -0.4 is 10.6 Å². The van der Waals surface area contributed by atoms with Crippen molar-refractivity contribution in [3.8, 4) is 0 Å². The van der Waals surface area contributed by atoms with Gasteiger partial charge in [0.15, 0.2) is 0 Å². The first kappa shape index (κ1) is 18.7. The Labute approximate surface area is 166 Å². The quantitative estimate of drug-likeness (QED) is 0.846. The Bertz CT molecular complexity index is 878. The molecule has 28 heavy (non-hydrogen) atoms. The summed E-state index contributed by atoms with van der Waals surface area (Å²) in [6.07, 6.45) is 2.13. The van der Waals surface area contributed by atoms with Gasteiger partial charge in [-0.1, -0.05) is 57.2 Å². The molecule has 0 aromatic heterocycles. The first-order valence-corrected chi connectivity index (χ1v) is 10.1. The van der Waals surface area contributed by atoms with Crippen molar-refractivity contribution >= 4 is 11.8 Å². The van der Waals surface area contributed by atoms with Gasteiger partial charge < -0.3 is 10.6 Å². The van der Waals surface area contributed by atoms with Gasteiger partial charge in [-0.05, 0) is 53.9 Å². The van der Waals surface area contributed by atoms with Crippen LogP contribution in [0.4, 0.5) is 0 Å². The Morgan fingerprint density at radius 2 is 1.32 bits per heavy atom. The predicted molar refractivity (Wildman–Crippen MR) is 110 cm³/mol. The highest BCUT2D eigenvalue weighted by molar-refractivity contribution is 5.95. The van der Waals surface area contributed by atoms with Gasteiger partial charge in [-0.3, -0.25) is 9.59 Å². The first-order valence-electron chi connectivity index (χ1n) is 10.1. The average Bonchev–Trinajstić information content (AvgIpc) is 3.02. The summed E-state index contributed by atoms with van der Waals surface area (Å²) >= 11 is 0. The van der Waals surface area contributed by atoms with Crippen molar-refractivity contribution in [1.82, 2.24) is 10.6 Å². The van der Waals surface area contributed by atoms with Gasteiger partial charge in [0.1, 0.15) is 0 Å². The number of carbonyl (C=O) groups excluding carboxylic acids is 2. The smallest absolute Gasteiger partial charge is 0.251 e. The van der Waals surface area contributed by atoms with Crippen LogP contribution in [-0.2, 0) is 0 Å². The molecule has 2 saturated carbocycles. The molecular formula is C24H28N2O2. The number of nitrogens with one attached hydrogen (secondary N) is 2. The second-order valence-electron chi connectivity index (χ2n) is 8.97. The summed E-state index contributed by atoms with van der Waals surface area (Å²) in [7, 11) is 0. The third-order valence-electron chi connectivity index (χ3n) is 7.51. The lowest BCUT2D eigenvalue weighted by atomic mass is 9.69. The predicted octanol–water partition coefficient (Wildman–Crippen LogP) is 4.04. The maximum absolute atomic E-state index is 12.9. The zero-order valence-corrected chi connectivity index (χ0v) is 16.7. The molecule has 2 fully saturated rings. The van der Waals surface area contributed by atoms with Gasteiger partial charge in [-0.2, -0.15) is 0 Å². The highest BCUT2D eigenvalue weighted by Gasteiger charge is 2.66. The minimum atomic E-state index is -0.0957. The topological polar surface area (TPSA) is 58.2 Å². The molecule has 2 aromatic rings. The van der Waals surface area contributed by atoms with E-state index in [9.17, 15) is 9.59 Å². The highest BCUT2D eigenvalue weighted by atomic mass is 16.2. The van der Waals surface area contributed by atoms with Crippen molar-refractivity contribution in [3.63, 3.8) is 0 Å². The molecule has 2 bridgehead atoms. The normalized spacial score (nSPS) is 30.0. The van der Waals surface area contributed by atoms with Crippen LogP contribution >= 0.6 is 0 Å². The molecule has 2 aliphatic carbocycles. The number of amides is 2. The monoisotopic (exact) mass is 376 g/mol. The fourth-order valence-corrected chi connectivity index (χ4v) is 5.45. The molecule has 2 N–H and O–H groups in total. The molecule has 4 heteroatoms. The van der Waals surface area contributed by atoms with E-state index < -0.39 is 0 Å². The van der Waals surface area contributed by atoms with E-state index in [2.05, 4.69) is 31.4 Å². The number of benzene rings is 2. The van der Waals surface area contributed by atoms with Crippen LogP contribution in [0.2, 0.25) is 0 Å². The molecule has 0 saturated heterocycles. The second kappa shape index (κ2) is 6.77. The van der Waals surface area contributed by atoms with E-state index in [0.29, 0.717) is 17.0 Å². The first-order chi connectivity index (χ1) is 13.3. The molecule has 0 heterocycles. The van der Waals surface area contributed by atoms with Gasteiger partial charge in [-0.15, -0.1) is 0 Å². The van der Waals surface area contributed by atoms with Crippen LogP contribution in [0.5, 0.6) is 0 Å². The van der Waals surface area contributed by atoms with E-state index in [4.69, 9.17) is 0 Å². The molecule has 4 nitrogen and oxygen atoms in total. The van der Waals surface area contributed by atoms with E-state index in [1.807, 2.05) is 60.7 Å². The molecule has 4 rings (SSSR count). The van der Waals surface area contributed by atoms with Crippen molar-refractivity contribution in [1.29, 1.82) is 0 Å². The van der Waals surface area contributed by atoms with Crippen molar-refractivity contribution in [2.24, 2.45) is 16.7 Å². The van der Waals surface area contributed by atoms with Gasteiger partial charge >= 0.3 is 0 Å². The van der Waals surface area contributed by atoms with E-state index in [-0.39, 0.29) is 34.7 Å². The largest absolute Gasteiger partial charge is 0.347 e. The van der Waals surface area contributed by atoms with Crippen LogP contribution in [0.15, 0.2) is 60.7 Å². The molecule has 0 radical (unpaired) electrons. The molecule has 2 aromatic carbocycles. The molecule has 0 aliphatic heterocycles. The van der Waals surface area contributed by atoms with Gasteiger partial charge in [0.25, 0.3) is 11.8 Å². The van der Waals surface area contributed by atoms with Gasteiger partial charge in [-0.25, -0.2) is 0 Å². The lowest BCUT2D eigenvalue weighted by Gasteiger charge is -2.40. The van der Waals surface area contributed by atoms with Gasteiger partial charge in [0.2, 0.25) is 0 Å². The standard InChI is InChI=1S/C24H28N2O2/c1-23(2)18-14-15-24(23,3)20(26-22(28)17-12-8-5-9-13-17)19(18)25-21(27)16-10-6-4-7-11-16/h4-13,18-20H,14-15H2,1-3H3,(H,25,27)(H,26,28)/t18-,19-,20-,24-/m1/s1. The van der Waals surface area contributed by atoms with Crippen LogP contribution in [0.25, 0.3) is 0 Å². The summed E-state index contributed by atoms with van der Waals surface area (Å²) in [6, 6.07) is 18.4. The van der Waals surface area contributed by atoms with Crippen LogP contribution in [-0.4, -0.2) is 23.9 Å². The van der Waals surface area contributed by atoms with E-state index >= 15 is 0 Å². The summed E-state index contributed by atoms with van der Waals surface area (Å²) < 4.78 is 0. The maximum Gasteiger partial charge on any atom is 0.251 e. The molecule has 2 aliphatic rings. The number of rotatable bonds is 4. The minimum absolute atomic E-state index is 0.0380. The Morgan fingerprint density at radius 1 is 0.821 bits per heavy atom. The molecule has 0 unspecified atom stereocenters. The van der Waals surface area contributed by atoms with E-state index in [1.165, 1.54) is 0 Å². The lowest BCUT2D eigenvalue weighted by Crippen LogP contribution is -2.57. The summed E-state index contributed by atoms with van der Waals surface area (Å²) in [5.74, 6) is 0.192. The summed E-state index contributed by atoms with van der Waals surface area (Å²) in [5.41, 5.74) is 1.29. The minimum Gasteiger partial charge on any atom is -0.347 e. The third kappa shape index (κ3) is 2.83. The van der Waals surface area contributed by atoms with E-state index in [1.54, 1.807) is 0 Å². The van der Waals surface area contributed by atoms with Gasteiger partial charge in [0, 0.05) is 11.1 Å². The van der Waals surface area contributed by atoms with Crippen LogP contribution in [0, 0.1) is 16.7 Å². The fraction of sp³-hybridized carbons (Fsp3) is 0.417. The molecule has 4 atom stereocenters. The Hall–Kier alpha value is -2.62. The lowest BCUT2D eigenvalue weighted by molar-refractivity contribution is 0.0781. The number of fused-ring (bicyclic) bond motifs is 2.